The van der Waals surface area contributed by atoms with E-state index < -0.39 is 0 Å². The molecule has 1 fully saturated rings. The van der Waals surface area contributed by atoms with Crippen molar-refractivity contribution in [3.63, 3.8) is 0 Å². The summed E-state index contributed by atoms with van der Waals surface area (Å²) < 4.78 is 0. The van der Waals surface area contributed by atoms with Crippen LogP contribution in [0.25, 0.3) is 0 Å². The predicted molar refractivity (Wildman–Crippen MR) is 122 cm³/mol. The van der Waals surface area contributed by atoms with Gasteiger partial charge in [0, 0.05) is 28.3 Å². The molecule has 2 atom stereocenters. The van der Waals surface area contributed by atoms with Gasteiger partial charge in [-0.05, 0) is 25.0 Å². The zero-order valence-corrected chi connectivity index (χ0v) is 19.0. The molecule has 0 heterocycles. The molecule has 146 valence electrons. The van der Waals surface area contributed by atoms with Crippen LogP contribution in [0, 0.1) is 5.92 Å². The highest BCUT2D eigenvalue weighted by Crippen LogP contribution is 2.34. The minimum Gasteiger partial charge on any atom is -0.291 e. The number of rotatable bonds is 14. The molecule has 0 bridgehead atoms. The summed E-state index contributed by atoms with van der Waals surface area (Å²) in [6.45, 7) is 4.34. The normalized spacial score (nSPS) is 21.8. The van der Waals surface area contributed by atoms with Crippen LogP contribution in [-0.2, 0) is 0 Å². The molecule has 1 aliphatic rings. The Bertz CT molecular complexity index is 404. The summed E-state index contributed by atoms with van der Waals surface area (Å²) in [5, 5.41) is 0.870. The Labute approximate surface area is 170 Å². The first-order valence-corrected chi connectivity index (χ1v) is 14.1. The molecule has 0 amide bonds. The van der Waals surface area contributed by atoms with Crippen LogP contribution in [0.15, 0.2) is 0 Å². The van der Waals surface area contributed by atoms with Crippen molar-refractivity contribution in [2.75, 3.05) is 42.4 Å². The standard InChI is InChI=1S/C17H34N4S4/c1-14-4-3-5-15(14)23-13-9-21-17(19)7-11-25-24-10-6-16(18)20-8-12-22-2/h14-15H,3-13H2,1-2H3,(H2,18,20)(H2,19,21)/p+2. The van der Waals surface area contributed by atoms with E-state index in [9.17, 15) is 0 Å². The van der Waals surface area contributed by atoms with Crippen molar-refractivity contribution in [1.82, 2.24) is 0 Å². The topological polar surface area (TPSA) is 80.0 Å². The zero-order chi connectivity index (χ0) is 18.3. The molecule has 1 rings (SSSR count). The summed E-state index contributed by atoms with van der Waals surface area (Å²) in [7, 11) is 3.76. The lowest BCUT2D eigenvalue weighted by molar-refractivity contribution is -0.453. The third kappa shape index (κ3) is 12.4. The van der Waals surface area contributed by atoms with E-state index in [4.69, 9.17) is 11.5 Å². The monoisotopic (exact) mass is 424 g/mol. The number of amidine groups is 2. The molecular formula is C17H36N4S4+2. The molecule has 2 unspecified atom stereocenters. The van der Waals surface area contributed by atoms with Gasteiger partial charge in [0.1, 0.15) is 0 Å². The van der Waals surface area contributed by atoms with Gasteiger partial charge in [0.05, 0.1) is 25.9 Å². The van der Waals surface area contributed by atoms with Gasteiger partial charge in [0.15, 0.2) is 0 Å². The van der Waals surface area contributed by atoms with Gasteiger partial charge < -0.3 is 0 Å². The molecular weight excluding hydrogens is 388 g/mol. The highest BCUT2D eigenvalue weighted by Gasteiger charge is 2.23. The number of nitrogens with one attached hydrogen (secondary N) is 2. The fourth-order valence-electron chi connectivity index (χ4n) is 2.69. The molecule has 4 nitrogen and oxygen atoms in total. The Morgan fingerprint density at radius 2 is 1.52 bits per heavy atom. The largest absolute Gasteiger partial charge is 0.291 e. The van der Waals surface area contributed by atoms with Crippen molar-refractivity contribution in [3.8, 4) is 0 Å². The maximum absolute atomic E-state index is 6.06. The summed E-state index contributed by atoms with van der Waals surface area (Å²) >= 11 is 3.95. The van der Waals surface area contributed by atoms with Crippen molar-refractivity contribution in [2.24, 2.45) is 17.4 Å². The molecule has 1 saturated carbocycles. The van der Waals surface area contributed by atoms with E-state index in [1.807, 2.05) is 33.3 Å². The summed E-state index contributed by atoms with van der Waals surface area (Å²) in [6, 6.07) is 0. The molecule has 25 heavy (non-hydrogen) atoms. The maximum atomic E-state index is 6.06. The van der Waals surface area contributed by atoms with Crippen molar-refractivity contribution in [2.45, 2.75) is 44.3 Å². The Hall–Kier alpha value is 0.340. The number of nitrogens with two attached hydrogens (primary N) is 2. The first-order valence-electron chi connectivity index (χ1n) is 9.18. The lowest BCUT2D eigenvalue weighted by atomic mass is 10.1. The van der Waals surface area contributed by atoms with E-state index in [2.05, 4.69) is 34.9 Å². The van der Waals surface area contributed by atoms with E-state index >= 15 is 0 Å². The Kier molecular flexibility index (Phi) is 14.4. The second-order valence-corrected chi connectivity index (χ2v) is 11.4. The van der Waals surface area contributed by atoms with E-state index in [1.54, 1.807) is 0 Å². The number of hydrogen-bond donors (Lipinski definition) is 4. The van der Waals surface area contributed by atoms with Crippen LogP contribution in [0.2, 0.25) is 0 Å². The first-order chi connectivity index (χ1) is 12.1. The fraction of sp³-hybridized carbons (Fsp3) is 0.882. The number of hydrogen-bond acceptors (Lipinski definition) is 4. The van der Waals surface area contributed by atoms with Gasteiger partial charge in [-0.3, -0.25) is 21.5 Å². The summed E-state index contributed by atoms with van der Waals surface area (Å²) in [4.78, 5) is 6.63. The van der Waals surface area contributed by atoms with E-state index in [0.717, 1.165) is 71.8 Å². The molecule has 0 aliphatic heterocycles. The molecule has 1 aliphatic carbocycles. The number of thioether (sulfide) groups is 2. The van der Waals surface area contributed by atoms with E-state index in [-0.39, 0.29) is 0 Å². The smallest absolute Gasteiger partial charge is 0.241 e. The Morgan fingerprint density at radius 1 is 0.920 bits per heavy atom. The molecule has 0 aromatic heterocycles. The third-order valence-corrected chi connectivity index (χ3v) is 8.81. The second-order valence-electron chi connectivity index (χ2n) is 6.36. The van der Waals surface area contributed by atoms with Gasteiger partial charge in [0.25, 0.3) is 0 Å². The fourth-order valence-corrected chi connectivity index (χ4v) is 6.37. The Morgan fingerprint density at radius 3 is 2.04 bits per heavy atom. The average Bonchev–Trinajstić information content (AvgIpc) is 3.00. The maximum Gasteiger partial charge on any atom is 0.241 e. The molecule has 0 aromatic rings. The Balaban J connectivity index is 1.95. The molecule has 8 heteroatoms. The van der Waals surface area contributed by atoms with Crippen LogP contribution in [0.3, 0.4) is 0 Å². The second kappa shape index (κ2) is 15.4. The van der Waals surface area contributed by atoms with Crippen LogP contribution in [0.5, 0.6) is 0 Å². The van der Waals surface area contributed by atoms with Crippen molar-refractivity contribution < 1.29 is 9.98 Å². The SMILES string of the molecule is CSCC[NH+]=C(N)CCSSCCC(N)=[NH+]CCSC1CCCC1C. The van der Waals surface area contributed by atoms with Gasteiger partial charge >= 0.3 is 0 Å². The lowest BCUT2D eigenvalue weighted by Gasteiger charge is -2.13. The van der Waals surface area contributed by atoms with Gasteiger partial charge in [-0.1, -0.05) is 34.9 Å². The quantitative estimate of drug-likeness (QED) is 0.139. The molecule has 0 spiro atoms. The highest BCUT2D eigenvalue weighted by atomic mass is 33.1. The highest BCUT2D eigenvalue weighted by molar-refractivity contribution is 8.76. The lowest BCUT2D eigenvalue weighted by Crippen LogP contribution is -2.76. The van der Waals surface area contributed by atoms with E-state index in [1.165, 1.54) is 19.3 Å². The summed E-state index contributed by atoms with van der Waals surface area (Å²) in [6.07, 6.45) is 8.19. The van der Waals surface area contributed by atoms with Gasteiger partial charge in [-0.2, -0.15) is 23.5 Å². The van der Waals surface area contributed by atoms with Crippen LogP contribution in [0.4, 0.5) is 0 Å². The molecule has 6 N–H and O–H groups in total. The first kappa shape index (κ1) is 23.4. The van der Waals surface area contributed by atoms with Gasteiger partial charge in [-0.25, -0.2) is 0 Å². The van der Waals surface area contributed by atoms with Crippen molar-refractivity contribution in [3.05, 3.63) is 0 Å². The van der Waals surface area contributed by atoms with Crippen molar-refractivity contribution in [1.29, 1.82) is 0 Å². The van der Waals surface area contributed by atoms with Crippen LogP contribution in [-0.4, -0.2) is 59.3 Å². The van der Waals surface area contributed by atoms with Crippen LogP contribution in [0.1, 0.15) is 39.0 Å². The van der Waals surface area contributed by atoms with Crippen LogP contribution < -0.4 is 21.5 Å². The summed E-state index contributed by atoms with van der Waals surface area (Å²) in [5.41, 5.74) is 12.0. The zero-order valence-electron chi connectivity index (χ0n) is 15.7. The van der Waals surface area contributed by atoms with Gasteiger partial charge in [-0.15, -0.1) is 0 Å². The van der Waals surface area contributed by atoms with E-state index in [0.29, 0.717) is 0 Å². The van der Waals surface area contributed by atoms with Gasteiger partial charge in [0.2, 0.25) is 11.7 Å². The third-order valence-electron chi connectivity index (χ3n) is 4.22. The predicted octanol–water partition coefficient (Wildman–Crippen LogP) is 0.308. The van der Waals surface area contributed by atoms with Crippen molar-refractivity contribution >= 4 is 56.8 Å². The molecule has 0 aromatic carbocycles. The minimum atomic E-state index is 0.870. The minimum absolute atomic E-state index is 0.870. The van der Waals surface area contributed by atoms with Crippen LogP contribution >= 0.6 is 45.1 Å². The molecule has 0 saturated heterocycles. The summed E-state index contributed by atoms with van der Waals surface area (Å²) in [5.74, 6) is 7.09. The average molecular weight is 425 g/mol. The molecule has 0 radical (unpaired) electrons.